The SMILES string of the molecule is COc1ccc(-c2nc(SCc3nnc(-c4cccc(C)c4)o3)n[nH]2)cc1. The zero-order valence-electron chi connectivity index (χ0n) is 14.8. The van der Waals surface area contributed by atoms with Crippen LogP contribution in [0.25, 0.3) is 22.8 Å². The van der Waals surface area contributed by atoms with Gasteiger partial charge in [-0.1, -0.05) is 29.5 Å². The topological polar surface area (TPSA) is 89.7 Å². The van der Waals surface area contributed by atoms with Crippen LogP contribution < -0.4 is 4.74 Å². The molecule has 8 heteroatoms. The van der Waals surface area contributed by atoms with Gasteiger partial charge in [0.05, 0.1) is 12.9 Å². The van der Waals surface area contributed by atoms with E-state index in [1.807, 2.05) is 55.5 Å². The average Bonchev–Trinajstić information content (AvgIpc) is 3.36. The van der Waals surface area contributed by atoms with Gasteiger partial charge in [-0.2, -0.15) is 0 Å². The van der Waals surface area contributed by atoms with Crippen molar-refractivity contribution in [2.45, 2.75) is 17.8 Å². The van der Waals surface area contributed by atoms with Gasteiger partial charge in [0.25, 0.3) is 0 Å². The summed E-state index contributed by atoms with van der Waals surface area (Å²) in [4.78, 5) is 4.49. The second-order valence-electron chi connectivity index (χ2n) is 5.85. The third-order valence-electron chi connectivity index (χ3n) is 3.88. The summed E-state index contributed by atoms with van der Waals surface area (Å²) in [6, 6.07) is 15.6. The van der Waals surface area contributed by atoms with Gasteiger partial charge in [0.2, 0.25) is 16.9 Å². The Hall–Kier alpha value is -3.13. The molecule has 136 valence electrons. The lowest BCUT2D eigenvalue weighted by Crippen LogP contribution is -1.84. The number of hydrogen-bond acceptors (Lipinski definition) is 7. The van der Waals surface area contributed by atoms with Gasteiger partial charge in [-0.25, -0.2) is 4.98 Å². The Bertz CT molecular complexity index is 1040. The molecule has 0 atom stereocenters. The number of thioether (sulfide) groups is 1. The van der Waals surface area contributed by atoms with Gasteiger partial charge in [0.1, 0.15) is 5.75 Å². The standard InChI is InChI=1S/C19H17N5O2S/c1-12-4-3-5-14(10-12)18-23-21-16(26-18)11-27-19-20-17(22-24-19)13-6-8-15(25-2)9-7-13/h3-10H,11H2,1-2H3,(H,20,22,24). The maximum absolute atomic E-state index is 5.74. The fraction of sp³-hybridized carbons (Fsp3) is 0.158. The van der Waals surface area contributed by atoms with Crippen molar-refractivity contribution in [2.24, 2.45) is 0 Å². The Morgan fingerprint density at radius 2 is 1.93 bits per heavy atom. The van der Waals surface area contributed by atoms with E-state index in [0.29, 0.717) is 28.5 Å². The van der Waals surface area contributed by atoms with Crippen molar-refractivity contribution in [1.82, 2.24) is 25.4 Å². The summed E-state index contributed by atoms with van der Waals surface area (Å²) in [6.07, 6.45) is 0. The number of aryl methyl sites for hydroxylation is 1. The molecule has 0 aliphatic rings. The number of nitrogens with zero attached hydrogens (tertiary/aromatic N) is 4. The molecule has 0 radical (unpaired) electrons. The van der Waals surface area contributed by atoms with E-state index in [0.717, 1.165) is 22.4 Å². The number of H-pyrrole nitrogens is 1. The summed E-state index contributed by atoms with van der Waals surface area (Å²) in [5, 5.41) is 16.0. The molecule has 2 heterocycles. The predicted molar refractivity (Wildman–Crippen MR) is 102 cm³/mol. The monoisotopic (exact) mass is 379 g/mol. The smallest absolute Gasteiger partial charge is 0.247 e. The van der Waals surface area contributed by atoms with Crippen LogP contribution in [-0.4, -0.2) is 32.5 Å². The molecule has 4 aromatic rings. The van der Waals surface area contributed by atoms with Crippen molar-refractivity contribution >= 4 is 11.8 Å². The highest BCUT2D eigenvalue weighted by Crippen LogP contribution is 2.25. The zero-order valence-corrected chi connectivity index (χ0v) is 15.7. The number of methoxy groups -OCH3 is 1. The lowest BCUT2D eigenvalue weighted by Gasteiger charge is -1.99. The number of aromatic nitrogens is 5. The maximum atomic E-state index is 5.74. The van der Waals surface area contributed by atoms with E-state index in [1.54, 1.807) is 7.11 Å². The molecule has 7 nitrogen and oxygen atoms in total. The second-order valence-corrected chi connectivity index (χ2v) is 6.80. The lowest BCUT2D eigenvalue weighted by molar-refractivity contribution is 0.415. The largest absolute Gasteiger partial charge is 0.497 e. The molecule has 0 aliphatic heterocycles. The molecule has 0 saturated heterocycles. The first kappa shape index (κ1) is 17.3. The van der Waals surface area contributed by atoms with Crippen LogP contribution in [0.3, 0.4) is 0 Å². The first-order valence-electron chi connectivity index (χ1n) is 8.30. The Labute approximate surface area is 160 Å². The van der Waals surface area contributed by atoms with Crippen molar-refractivity contribution in [3.8, 4) is 28.6 Å². The molecule has 2 aromatic carbocycles. The summed E-state index contributed by atoms with van der Waals surface area (Å²) >= 11 is 1.43. The van der Waals surface area contributed by atoms with E-state index >= 15 is 0 Å². The molecular formula is C19H17N5O2S. The van der Waals surface area contributed by atoms with Crippen LogP contribution in [0.4, 0.5) is 0 Å². The minimum Gasteiger partial charge on any atom is -0.497 e. The number of rotatable bonds is 6. The van der Waals surface area contributed by atoms with Gasteiger partial charge in [-0.3, -0.25) is 5.10 Å². The maximum Gasteiger partial charge on any atom is 0.247 e. The second kappa shape index (κ2) is 7.63. The molecule has 0 amide bonds. The van der Waals surface area contributed by atoms with Crippen LogP contribution in [-0.2, 0) is 5.75 Å². The average molecular weight is 379 g/mol. The molecule has 0 fully saturated rings. The van der Waals surface area contributed by atoms with E-state index in [-0.39, 0.29) is 0 Å². The van der Waals surface area contributed by atoms with Crippen molar-refractivity contribution in [3.05, 3.63) is 60.0 Å². The molecule has 2 aromatic heterocycles. The van der Waals surface area contributed by atoms with Crippen LogP contribution >= 0.6 is 11.8 Å². The molecule has 4 rings (SSSR count). The summed E-state index contributed by atoms with van der Waals surface area (Å²) in [7, 11) is 1.64. The number of benzene rings is 2. The van der Waals surface area contributed by atoms with Crippen molar-refractivity contribution in [3.63, 3.8) is 0 Å². The molecule has 0 unspecified atom stereocenters. The van der Waals surface area contributed by atoms with Crippen LogP contribution in [0.1, 0.15) is 11.5 Å². The van der Waals surface area contributed by atoms with E-state index < -0.39 is 0 Å². The quantitative estimate of drug-likeness (QED) is 0.504. The van der Waals surface area contributed by atoms with Gasteiger partial charge >= 0.3 is 0 Å². The van der Waals surface area contributed by atoms with Crippen molar-refractivity contribution in [1.29, 1.82) is 0 Å². The summed E-state index contributed by atoms with van der Waals surface area (Å²) in [6.45, 7) is 2.03. The number of ether oxygens (including phenoxy) is 1. The first-order valence-corrected chi connectivity index (χ1v) is 9.29. The highest BCUT2D eigenvalue weighted by atomic mass is 32.2. The van der Waals surface area contributed by atoms with E-state index in [9.17, 15) is 0 Å². The molecule has 27 heavy (non-hydrogen) atoms. The summed E-state index contributed by atoms with van der Waals surface area (Å²) < 4.78 is 10.9. The number of aromatic amines is 1. The molecular weight excluding hydrogens is 362 g/mol. The lowest BCUT2D eigenvalue weighted by atomic mass is 10.1. The molecule has 1 N–H and O–H groups in total. The molecule has 0 aliphatic carbocycles. The molecule has 0 spiro atoms. The van der Waals surface area contributed by atoms with Crippen LogP contribution in [0.15, 0.2) is 58.1 Å². The Kier molecular flexibility index (Phi) is 4.88. The van der Waals surface area contributed by atoms with Gasteiger partial charge < -0.3 is 9.15 Å². The number of hydrogen-bond donors (Lipinski definition) is 1. The van der Waals surface area contributed by atoms with Gasteiger partial charge in [0, 0.05) is 11.1 Å². The van der Waals surface area contributed by atoms with Crippen LogP contribution in [0.5, 0.6) is 5.75 Å². The number of nitrogens with one attached hydrogen (secondary N) is 1. The third kappa shape index (κ3) is 4.01. The Morgan fingerprint density at radius 1 is 1.07 bits per heavy atom. The minimum atomic E-state index is 0.499. The Balaban J connectivity index is 1.41. The Morgan fingerprint density at radius 3 is 2.70 bits per heavy atom. The van der Waals surface area contributed by atoms with E-state index in [1.165, 1.54) is 11.8 Å². The predicted octanol–water partition coefficient (Wildman–Crippen LogP) is 4.13. The highest BCUT2D eigenvalue weighted by molar-refractivity contribution is 7.98. The van der Waals surface area contributed by atoms with Gasteiger partial charge in [-0.15, -0.1) is 15.3 Å². The van der Waals surface area contributed by atoms with Gasteiger partial charge in [-0.05, 0) is 43.3 Å². The van der Waals surface area contributed by atoms with Gasteiger partial charge in [0.15, 0.2) is 5.82 Å². The highest BCUT2D eigenvalue weighted by Gasteiger charge is 2.11. The van der Waals surface area contributed by atoms with E-state index in [2.05, 4.69) is 25.4 Å². The summed E-state index contributed by atoms with van der Waals surface area (Å²) in [5.41, 5.74) is 3.00. The molecule has 0 bridgehead atoms. The molecule has 0 saturated carbocycles. The van der Waals surface area contributed by atoms with E-state index in [4.69, 9.17) is 9.15 Å². The van der Waals surface area contributed by atoms with Crippen molar-refractivity contribution in [2.75, 3.05) is 7.11 Å². The van der Waals surface area contributed by atoms with Crippen molar-refractivity contribution < 1.29 is 9.15 Å². The van der Waals surface area contributed by atoms with Crippen LogP contribution in [0, 0.1) is 6.92 Å². The third-order valence-corrected chi connectivity index (χ3v) is 4.72. The first-order chi connectivity index (χ1) is 13.2. The normalized spacial score (nSPS) is 10.9. The fourth-order valence-electron chi connectivity index (χ4n) is 2.52. The van der Waals surface area contributed by atoms with Crippen LogP contribution in [0.2, 0.25) is 0 Å². The minimum absolute atomic E-state index is 0.499. The zero-order chi connectivity index (χ0) is 18.6. The summed E-state index contributed by atoms with van der Waals surface area (Å²) in [5.74, 6) is 3.05. The fourth-order valence-corrected chi connectivity index (χ4v) is 3.16.